The summed E-state index contributed by atoms with van der Waals surface area (Å²) in [7, 11) is 0. The molecule has 0 N–H and O–H groups in total. The van der Waals surface area contributed by atoms with Gasteiger partial charge < -0.3 is 9.64 Å². The van der Waals surface area contributed by atoms with Crippen molar-refractivity contribution in [3.05, 3.63) is 12.1 Å². The molecule has 1 saturated heterocycles. The second-order valence-electron chi connectivity index (χ2n) is 6.33. The molecule has 0 atom stereocenters. The highest BCUT2D eigenvalue weighted by Crippen LogP contribution is 2.22. The minimum Gasteiger partial charge on any atom is -0.465 e. The van der Waals surface area contributed by atoms with Crippen molar-refractivity contribution in [1.82, 2.24) is 25.3 Å². The van der Waals surface area contributed by atoms with Crippen LogP contribution in [0, 0.1) is 11.8 Å². The van der Waals surface area contributed by atoms with Gasteiger partial charge >= 0.3 is 5.97 Å². The first kappa shape index (κ1) is 15.6. The van der Waals surface area contributed by atoms with E-state index in [4.69, 9.17) is 4.74 Å². The molecule has 0 amide bonds. The molecule has 0 bridgehead atoms. The quantitative estimate of drug-likeness (QED) is 0.769. The fourth-order valence-electron chi connectivity index (χ4n) is 2.67. The lowest BCUT2D eigenvalue weighted by atomic mass is 9.97. The number of nitrogens with zero attached hydrogens (tertiary/aromatic N) is 6. The summed E-state index contributed by atoms with van der Waals surface area (Å²) < 4.78 is 6.80. The van der Waals surface area contributed by atoms with E-state index < -0.39 is 0 Å². The predicted octanol–water partition coefficient (Wildman–Crippen LogP) is 1.32. The number of hydrogen-bond donors (Lipinski definition) is 0. The van der Waals surface area contributed by atoms with E-state index in [9.17, 15) is 4.79 Å². The van der Waals surface area contributed by atoms with Gasteiger partial charge in [0.2, 0.25) is 0 Å². The minimum absolute atomic E-state index is 0.00446. The maximum Gasteiger partial charge on any atom is 0.309 e. The molecule has 8 heteroatoms. The van der Waals surface area contributed by atoms with Gasteiger partial charge in [-0.1, -0.05) is 13.8 Å². The van der Waals surface area contributed by atoms with E-state index in [2.05, 4.69) is 39.4 Å². The van der Waals surface area contributed by atoms with Crippen LogP contribution in [0.15, 0.2) is 12.1 Å². The van der Waals surface area contributed by atoms with E-state index >= 15 is 0 Å². The van der Waals surface area contributed by atoms with Crippen LogP contribution in [-0.2, 0) is 9.53 Å². The molecule has 23 heavy (non-hydrogen) atoms. The molecule has 124 valence electrons. The van der Waals surface area contributed by atoms with Crippen molar-refractivity contribution >= 4 is 17.4 Å². The molecule has 0 unspecified atom stereocenters. The summed E-state index contributed by atoms with van der Waals surface area (Å²) in [4.78, 5) is 14.2. The second kappa shape index (κ2) is 6.89. The van der Waals surface area contributed by atoms with Gasteiger partial charge in [0.05, 0.1) is 12.5 Å². The highest BCUT2D eigenvalue weighted by Gasteiger charge is 2.27. The van der Waals surface area contributed by atoms with Crippen LogP contribution in [0.25, 0.3) is 5.65 Å². The molecule has 1 aliphatic heterocycles. The standard InChI is InChI=1S/C15H22N6O2/c1-11(2)7-10-23-15(22)12-5-8-20(9-6-12)14-4-3-13-16-18-19-21(13)17-14/h3-4,11-12H,5-10H2,1-2H3. The molecule has 0 saturated carbocycles. The maximum atomic E-state index is 12.1. The molecule has 3 rings (SSSR count). The van der Waals surface area contributed by atoms with E-state index in [1.54, 1.807) is 0 Å². The minimum atomic E-state index is -0.0609. The zero-order chi connectivity index (χ0) is 16.2. The van der Waals surface area contributed by atoms with Crippen molar-refractivity contribution in [2.24, 2.45) is 11.8 Å². The summed E-state index contributed by atoms with van der Waals surface area (Å²) in [5.41, 5.74) is 0.623. The second-order valence-corrected chi connectivity index (χ2v) is 6.33. The first-order valence-corrected chi connectivity index (χ1v) is 8.10. The van der Waals surface area contributed by atoms with Crippen molar-refractivity contribution in [2.45, 2.75) is 33.1 Å². The van der Waals surface area contributed by atoms with Gasteiger partial charge in [-0.15, -0.1) is 14.8 Å². The number of fused-ring (bicyclic) bond motifs is 1. The SMILES string of the molecule is CC(C)CCOC(=O)C1CCN(c2ccc3nnnn3n2)CC1. The number of carbonyl (C=O) groups is 1. The van der Waals surface area contributed by atoms with Gasteiger partial charge in [0.25, 0.3) is 0 Å². The zero-order valence-corrected chi connectivity index (χ0v) is 13.6. The van der Waals surface area contributed by atoms with Gasteiger partial charge in [0, 0.05) is 13.1 Å². The Morgan fingerprint density at radius 3 is 2.87 bits per heavy atom. The molecule has 0 aliphatic carbocycles. The van der Waals surface area contributed by atoms with Gasteiger partial charge in [-0.2, -0.15) is 0 Å². The van der Waals surface area contributed by atoms with Gasteiger partial charge in [-0.25, -0.2) is 0 Å². The highest BCUT2D eigenvalue weighted by molar-refractivity contribution is 5.72. The van der Waals surface area contributed by atoms with Crippen LogP contribution >= 0.6 is 0 Å². The van der Waals surface area contributed by atoms with Crippen LogP contribution in [0.1, 0.15) is 33.1 Å². The van der Waals surface area contributed by atoms with Crippen LogP contribution in [0.2, 0.25) is 0 Å². The van der Waals surface area contributed by atoms with E-state index in [-0.39, 0.29) is 11.9 Å². The molecule has 0 radical (unpaired) electrons. The third-order valence-electron chi connectivity index (χ3n) is 4.15. The number of piperidine rings is 1. The molecule has 8 nitrogen and oxygen atoms in total. The summed E-state index contributed by atoms with van der Waals surface area (Å²) in [5, 5.41) is 15.6. The maximum absolute atomic E-state index is 12.1. The Labute approximate surface area is 134 Å². The van der Waals surface area contributed by atoms with Crippen molar-refractivity contribution in [2.75, 3.05) is 24.6 Å². The molecule has 1 fully saturated rings. The number of carbonyl (C=O) groups excluding carboxylic acids is 1. The smallest absolute Gasteiger partial charge is 0.309 e. The summed E-state index contributed by atoms with van der Waals surface area (Å²) >= 11 is 0. The van der Waals surface area contributed by atoms with Gasteiger partial charge in [-0.3, -0.25) is 4.79 Å². The lowest BCUT2D eigenvalue weighted by Crippen LogP contribution is -2.37. The molecule has 2 aromatic rings. The van der Waals surface area contributed by atoms with Gasteiger partial charge in [0.15, 0.2) is 11.5 Å². The van der Waals surface area contributed by atoms with E-state index in [1.807, 2.05) is 12.1 Å². The van der Waals surface area contributed by atoms with Gasteiger partial charge in [0.1, 0.15) is 0 Å². The summed E-state index contributed by atoms with van der Waals surface area (Å²) in [5.74, 6) is 1.32. The number of esters is 1. The normalized spacial score (nSPS) is 16.2. The van der Waals surface area contributed by atoms with Crippen LogP contribution < -0.4 is 4.90 Å². The van der Waals surface area contributed by atoms with E-state index in [0.717, 1.165) is 38.2 Å². The highest BCUT2D eigenvalue weighted by atomic mass is 16.5. The first-order valence-electron chi connectivity index (χ1n) is 8.10. The zero-order valence-electron chi connectivity index (χ0n) is 13.6. The van der Waals surface area contributed by atoms with Crippen molar-refractivity contribution < 1.29 is 9.53 Å². The molecule has 0 aromatic carbocycles. The van der Waals surface area contributed by atoms with E-state index in [0.29, 0.717) is 18.2 Å². The number of hydrogen-bond acceptors (Lipinski definition) is 7. The van der Waals surface area contributed by atoms with Crippen molar-refractivity contribution in [1.29, 1.82) is 0 Å². The average molecular weight is 318 g/mol. The molecule has 3 heterocycles. The monoisotopic (exact) mass is 318 g/mol. The molecule has 1 aliphatic rings. The van der Waals surface area contributed by atoms with Crippen LogP contribution in [0.5, 0.6) is 0 Å². The van der Waals surface area contributed by atoms with Crippen molar-refractivity contribution in [3.8, 4) is 0 Å². The molecule has 0 spiro atoms. The predicted molar refractivity (Wildman–Crippen MR) is 83.9 cm³/mol. The number of anilines is 1. The Kier molecular flexibility index (Phi) is 4.68. The van der Waals surface area contributed by atoms with Gasteiger partial charge in [-0.05, 0) is 47.7 Å². The lowest BCUT2D eigenvalue weighted by molar-refractivity contribution is -0.149. The van der Waals surface area contributed by atoms with E-state index in [1.165, 1.54) is 4.63 Å². The molecular weight excluding hydrogens is 296 g/mol. The van der Waals surface area contributed by atoms with Crippen LogP contribution in [0.4, 0.5) is 5.82 Å². The average Bonchev–Trinajstić information content (AvgIpc) is 3.02. The third-order valence-corrected chi connectivity index (χ3v) is 4.15. The summed E-state index contributed by atoms with van der Waals surface area (Å²) in [6, 6.07) is 3.75. The Bertz CT molecular complexity index is 663. The first-order chi connectivity index (χ1) is 11.1. The Morgan fingerprint density at radius 2 is 2.13 bits per heavy atom. The van der Waals surface area contributed by atoms with Crippen LogP contribution in [0.3, 0.4) is 0 Å². The Balaban J connectivity index is 1.52. The third kappa shape index (κ3) is 3.75. The lowest BCUT2D eigenvalue weighted by Gasteiger charge is -2.31. The number of aromatic nitrogens is 5. The molecular formula is C15H22N6O2. The summed E-state index contributed by atoms with van der Waals surface area (Å²) in [6.07, 6.45) is 2.49. The topological polar surface area (TPSA) is 85.5 Å². The largest absolute Gasteiger partial charge is 0.465 e. The number of tetrazole rings is 1. The number of rotatable bonds is 5. The molecule has 2 aromatic heterocycles. The summed E-state index contributed by atoms with van der Waals surface area (Å²) in [6.45, 7) is 6.34. The van der Waals surface area contributed by atoms with Crippen LogP contribution in [-0.4, -0.2) is 50.9 Å². The fourth-order valence-corrected chi connectivity index (χ4v) is 2.67. The Morgan fingerprint density at radius 1 is 1.35 bits per heavy atom. The van der Waals surface area contributed by atoms with Crippen molar-refractivity contribution in [3.63, 3.8) is 0 Å². The fraction of sp³-hybridized carbons (Fsp3) is 0.667. The number of ether oxygens (including phenoxy) is 1. The Hall–Kier alpha value is -2.25.